The minimum Gasteiger partial charge on any atom is -0.396 e. The average molecular weight is 250 g/mol. The Hall–Kier alpha value is -1.62. The lowest BCUT2D eigenvalue weighted by Gasteiger charge is -2.24. The molecule has 0 aliphatic carbocycles. The van der Waals surface area contributed by atoms with Crippen molar-refractivity contribution in [1.29, 1.82) is 0 Å². The van der Waals surface area contributed by atoms with Crippen LogP contribution in [0.3, 0.4) is 0 Å². The van der Waals surface area contributed by atoms with Crippen LogP contribution < -0.4 is 5.56 Å². The largest absolute Gasteiger partial charge is 0.396 e. The summed E-state index contributed by atoms with van der Waals surface area (Å²) in [5, 5.41) is 8.86. The first-order valence-corrected chi connectivity index (χ1v) is 6.33. The molecule has 1 aliphatic heterocycles. The number of carbonyl (C=O) groups excluding carboxylic acids is 1. The highest BCUT2D eigenvalue weighted by atomic mass is 16.3. The maximum Gasteiger partial charge on any atom is 0.254 e. The standard InChI is InChI=1S/C13H18N2O3/c16-8-2-4-11-3-1-7-15(11)13(18)10-5-6-14-12(17)9-10/h5-6,9,11,16H,1-4,7-8H2,(H,14,17). The summed E-state index contributed by atoms with van der Waals surface area (Å²) in [5.74, 6) is -0.0819. The van der Waals surface area contributed by atoms with E-state index in [1.807, 2.05) is 4.90 Å². The van der Waals surface area contributed by atoms with Crippen LogP contribution in [0.25, 0.3) is 0 Å². The van der Waals surface area contributed by atoms with Crippen LogP contribution in [0.5, 0.6) is 0 Å². The van der Waals surface area contributed by atoms with Gasteiger partial charge in [-0.1, -0.05) is 0 Å². The molecule has 5 nitrogen and oxygen atoms in total. The fourth-order valence-electron chi connectivity index (χ4n) is 2.47. The summed E-state index contributed by atoms with van der Waals surface area (Å²) in [7, 11) is 0. The van der Waals surface area contributed by atoms with Crippen LogP contribution in [0.4, 0.5) is 0 Å². The van der Waals surface area contributed by atoms with Crippen molar-refractivity contribution in [3.05, 3.63) is 34.2 Å². The summed E-state index contributed by atoms with van der Waals surface area (Å²) in [6, 6.07) is 3.17. The maximum absolute atomic E-state index is 12.3. The molecule has 0 spiro atoms. The van der Waals surface area contributed by atoms with E-state index in [0.29, 0.717) is 12.0 Å². The summed E-state index contributed by atoms with van der Waals surface area (Å²) in [5.41, 5.74) is 0.182. The number of carbonyl (C=O) groups is 1. The van der Waals surface area contributed by atoms with Crippen LogP contribution >= 0.6 is 0 Å². The van der Waals surface area contributed by atoms with Crippen LogP contribution in [0.1, 0.15) is 36.0 Å². The first-order valence-electron chi connectivity index (χ1n) is 6.33. The van der Waals surface area contributed by atoms with Crippen LogP contribution in [-0.4, -0.2) is 40.1 Å². The lowest BCUT2D eigenvalue weighted by molar-refractivity contribution is 0.0724. The van der Waals surface area contributed by atoms with Gasteiger partial charge in [0, 0.05) is 37.0 Å². The van der Waals surface area contributed by atoms with Gasteiger partial charge >= 0.3 is 0 Å². The van der Waals surface area contributed by atoms with E-state index in [-0.39, 0.29) is 24.1 Å². The van der Waals surface area contributed by atoms with Gasteiger partial charge in [0.15, 0.2) is 0 Å². The second-order valence-electron chi connectivity index (χ2n) is 4.60. The number of pyridine rings is 1. The van der Waals surface area contributed by atoms with Gasteiger partial charge in [-0.05, 0) is 31.7 Å². The van der Waals surface area contributed by atoms with Crippen molar-refractivity contribution in [3.63, 3.8) is 0 Å². The summed E-state index contributed by atoms with van der Waals surface area (Å²) < 4.78 is 0. The highest BCUT2D eigenvalue weighted by molar-refractivity contribution is 5.94. The fraction of sp³-hybridized carbons (Fsp3) is 0.538. The summed E-state index contributed by atoms with van der Waals surface area (Å²) in [6.45, 7) is 0.894. The molecule has 1 aliphatic rings. The minimum atomic E-state index is -0.257. The van der Waals surface area contributed by atoms with Crippen molar-refractivity contribution < 1.29 is 9.90 Å². The molecule has 1 unspecified atom stereocenters. The molecule has 98 valence electrons. The van der Waals surface area contributed by atoms with E-state index in [9.17, 15) is 9.59 Å². The quantitative estimate of drug-likeness (QED) is 0.828. The number of aromatic amines is 1. The average Bonchev–Trinajstić information content (AvgIpc) is 2.83. The summed E-state index contributed by atoms with van der Waals surface area (Å²) in [4.78, 5) is 27.8. The molecule has 0 saturated carbocycles. The topological polar surface area (TPSA) is 73.4 Å². The van der Waals surface area contributed by atoms with Crippen molar-refractivity contribution in [1.82, 2.24) is 9.88 Å². The van der Waals surface area contributed by atoms with E-state index in [2.05, 4.69) is 4.98 Å². The third-order valence-corrected chi connectivity index (χ3v) is 3.36. The molecule has 0 radical (unpaired) electrons. The number of hydrogen-bond acceptors (Lipinski definition) is 3. The number of aliphatic hydroxyl groups excluding tert-OH is 1. The Bertz CT molecular complexity index is 469. The van der Waals surface area contributed by atoms with E-state index >= 15 is 0 Å². The van der Waals surface area contributed by atoms with Crippen molar-refractivity contribution in [2.24, 2.45) is 0 Å². The van der Waals surface area contributed by atoms with Gasteiger partial charge in [-0.15, -0.1) is 0 Å². The molecular formula is C13H18N2O3. The highest BCUT2D eigenvalue weighted by Crippen LogP contribution is 2.23. The SMILES string of the molecule is O=C(c1cc[nH]c(=O)c1)N1CCCC1CCCO. The Morgan fingerprint density at radius 3 is 3.11 bits per heavy atom. The number of amides is 1. The van der Waals surface area contributed by atoms with Crippen LogP contribution in [0.15, 0.2) is 23.1 Å². The number of rotatable bonds is 4. The highest BCUT2D eigenvalue weighted by Gasteiger charge is 2.28. The zero-order valence-electron chi connectivity index (χ0n) is 10.3. The van der Waals surface area contributed by atoms with Crippen LogP contribution in [0, 0.1) is 0 Å². The number of H-pyrrole nitrogens is 1. The second-order valence-corrected chi connectivity index (χ2v) is 4.60. The van der Waals surface area contributed by atoms with Gasteiger partial charge in [0.05, 0.1) is 0 Å². The number of nitrogens with zero attached hydrogens (tertiary/aromatic N) is 1. The molecule has 2 N–H and O–H groups in total. The Balaban J connectivity index is 2.10. The number of aliphatic hydroxyl groups is 1. The third-order valence-electron chi connectivity index (χ3n) is 3.36. The molecular weight excluding hydrogens is 232 g/mol. The molecule has 1 aromatic rings. The monoisotopic (exact) mass is 250 g/mol. The normalized spacial score (nSPS) is 19.2. The van der Waals surface area contributed by atoms with Crippen molar-refractivity contribution in [2.75, 3.05) is 13.2 Å². The van der Waals surface area contributed by atoms with Gasteiger partial charge in [0.25, 0.3) is 5.91 Å². The van der Waals surface area contributed by atoms with Gasteiger partial charge < -0.3 is 15.0 Å². The zero-order valence-corrected chi connectivity index (χ0v) is 10.3. The zero-order chi connectivity index (χ0) is 13.0. The Kier molecular flexibility index (Phi) is 4.15. The lowest BCUT2D eigenvalue weighted by atomic mass is 10.1. The van der Waals surface area contributed by atoms with Gasteiger partial charge in [-0.25, -0.2) is 0 Å². The minimum absolute atomic E-state index is 0.0819. The summed E-state index contributed by atoms with van der Waals surface area (Å²) >= 11 is 0. The van der Waals surface area contributed by atoms with Gasteiger partial charge in [-0.3, -0.25) is 9.59 Å². The first kappa shape index (κ1) is 12.8. The summed E-state index contributed by atoms with van der Waals surface area (Å²) in [6.07, 6.45) is 5.00. The van der Waals surface area contributed by atoms with Gasteiger partial charge in [0.2, 0.25) is 5.56 Å². The third kappa shape index (κ3) is 2.79. The lowest BCUT2D eigenvalue weighted by Crippen LogP contribution is -2.36. The van der Waals surface area contributed by atoms with Crippen molar-refractivity contribution in [3.8, 4) is 0 Å². The smallest absolute Gasteiger partial charge is 0.254 e. The second kappa shape index (κ2) is 5.82. The van der Waals surface area contributed by atoms with E-state index in [0.717, 1.165) is 25.8 Å². The Morgan fingerprint density at radius 2 is 2.39 bits per heavy atom. The fourth-order valence-corrected chi connectivity index (χ4v) is 2.47. The molecule has 0 bridgehead atoms. The van der Waals surface area contributed by atoms with E-state index in [4.69, 9.17) is 5.11 Å². The molecule has 1 atom stereocenters. The van der Waals surface area contributed by atoms with Crippen LogP contribution in [-0.2, 0) is 0 Å². The Morgan fingerprint density at radius 1 is 1.56 bits per heavy atom. The molecule has 1 aromatic heterocycles. The Labute approximate surface area is 105 Å². The molecule has 5 heteroatoms. The van der Waals surface area contributed by atoms with Crippen molar-refractivity contribution >= 4 is 5.91 Å². The molecule has 2 heterocycles. The predicted molar refractivity (Wildman–Crippen MR) is 67.4 cm³/mol. The molecule has 0 aromatic carbocycles. The molecule has 1 amide bonds. The first-order chi connectivity index (χ1) is 8.72. The predicted octanol–water partition coefficient (Wildman–Crippen LogP) is 0.752. The van der Waals surface area contributed by atoms with Gasteiger partial charge in [-0.2, -0.15) is 0 Å². The van der Waals surface area contributed by atoms with Crippen molar-refractivity contribution in [2.45, 2.75) is 31.7 Å². The number of nitrogens with one attached hydrogen (secondary N) is 1. The maximum atomic E-state index is 12.3. The molecule has 1 saturated heterocycles. The van der Waals surface area contributed by atoms with Crippen LogP contribution in [0.2, 0.25) is 0 Å². The molecule has 2 rings (SSSR count). The van der Waals surface area contributed by atoms with E-state index in [1.54, 1.807) is 6.07 Å². The van der Waals surface area contributed by atoms with Gasteiger partial charge in [0.1, 0.15) is 0 Å². The number of likely N-dealkylation sites (tertiary alicyclic amines) is 1. The number of hydrogen-bond donors (Lipinski definition) is 2. The number of aromatic nitrogens is 1. The molecule has 18 heavy (non-hydrogen) atoms. The molecule has 1 fully saturated rings. The van der Waals surface area contributed by atoms with E-state index < -0.39 is 0 Å². The van der Waals surface area contributed by atoms with E-state index in [1.165, 1.54) is 12.3 Å².